The molecule has 0 atom stereocenters. The Balaban J connectivity index is 2.44. The Bertz CT molecular complexity index is 451. The molecule has 0 saturated heterocycles. The van der Waals surface area contributed by atoms with Crippen molar-refractivity contribution in [3.63, 3.8) is 0 Å². The summed E-state index contributed by atoms with van der Waals surface area (Å²) in [5.41, 5.74) is 0.892. The van der Waals surface area contributed by atoms with Crippen LogP contribution in [0, 0.1) is 0 Å². The molecule has 0 bridgehead atoms. The predicted molar refractivity (Wildman–Crippen MR) is 56.7 cm³/mol. The molecule has 0 fully saturated rings. The average Bonchev–Trinajstić information content (AvgIpc) is 2.77. The van der Waals surface area contributed by atoms with Gasteiger partial charge in [0.1, 0.15) is 11.4 Å². The molecule has 2 rings (SSSR count). The second-order valence-electron chi connectivity index (χ2n) is 3.00. The maximum Gasteiger partial charge on any atom is 0.157 e. The number of hydrogen-bond donors (Lipinski definition) is 0. The third-order valence-electron chi connectivity index (χ3n) is 2.13. The highest BCUT2D eigenvalue weighted by Gasteiger charge is 2.05. The van der Waals surface area contributed by atoms with Gasteiger partial charge in [-0.3, -0.25) is 0 Å². The van der Waals surface area contributed by atoms with E-state index in [4.69, 9.17) is 9.47 Å². The van der Waals surface area contributed by atoms with Crippen LogP contribution in [0.15, 0.2) is 36.7 Å². The monoisotopic (exact) mass is 204 g/mol. The minimum absolute atomic E-state index is 0.723. The van der Waals surface area contributed by atoms with Gasteiger partial charge in [-0.25, -0.2) is 4.68 Å². The zero-order chi connectivity index (χ0) is 10.7. The molecule has 0 amide bonds. The maximum absolute atomic E-state index is 5.24. The van der Waals surface area contributed by atoms with Gasteiger partial charge in [-0.15, -0.1) is 0 Å². The van der Waals surface area contributed by atoms with Crippen LogP contribution >= 0.6 is 0 Å². The van der Waals surface area contributed by atoms with E-state index in [1.54, 1.807) is 31.3 Å². The lowest BCUT2D eigenvalue weighted by molar-refractivity contribution is 0.410. The lowest BCUT2D eigenvalue weighted by atomic mass is 10.3. The van der Waals surface area contributed by atoms with Gasteiger partial charge in [0.25, 0.3) is 0 Å². The fourth-order valence-electron chi connectivity index (χ4n) is 1.36. The molecule has 0 aliphatic carbocycles. The normalized spacial score (nSPS) is 10.0. The molecule has 15 heavy (non-hydrogen) atoms. The highest BCUT2D eigenvalue weighted by Crippen LogP contribution is 2.22. The summed E-state index contributed by atoms with van der Waals surface area (Å²) >= 11 is 0. The smallest absolute Gasteiger partial charge is 0.157 e. The highest BCUT2D eigenvalue weighted by molar-refractivity contribution is 5.46. The Morgan fingerprint density at radius 3 is 2.60 bits per heavy atom. The van der Waals surface area contributed by atoms with Crippen molar-refractivity contribution in [2.45, 2.75) is 0 Å². The molecular weight excluding hydrogens is 192 g/mol. The van der Waals surface area contributed by atoms with Crippen molar-refractivity contribution < 1.29 is 9.47 Å². The quantitative estimate of drug-likeness (QED) is 0.766. The summed E-state index contributed by atoms with van der Waals surface area (Å²) in [5, 5.41) is 4.18. The van der Waals surface area contributed by atoms with Crippen molar-refractivity contribution in [1.82, 2.24) is 9.78 Å². The standard InChI is InChI=1S/C11H12N2O2/c1-14-9-7-12-13(8-9)10-5-3-4-6-11(10)15-2/h3-8H,1-2H3. The molecule has 0 saturated carbocycles. The first-order valence-corrected chi connectivity index (χ1v) is 4.57. The van der Waals surface area contributed by atoms with Crippen molar-refractivity contribution in [2.75, 3.05) is 14.2 Å². The van der Waals surface area contributed by atoms with Crippen LogP contribution in [-0.2, 0) is 0 Å². The third kappa shape index (κ3) is 1.79. The summed E-state index contributed by atoms with van der Waals surface area (Å²) in [4.78, 5) is 0. The van der Waals surface area contributed by atoms with Gasteiger partial charge < -0.3 is 9.47 Å². The first-order chi connectivity index (χ1) is 7.35. The van der Waals surface area contributed by atoms with Crippen LogP contribution < -0.4 is 9.47 Å². The fourth-order valence-corrected chi connectivity index (χ4v) is 1.36. The lowest BCUT2D eigenvalue weighted by Crippen LogP contribution is -1.97. The van der Waals surface area contributed by atoms with Gasteiger partial charge in [-0.1, -0.05) is 12.1 Å². The molecule has 78 valence electrons. The number of rotatable bonds is 3. The molecular formula is C11H12N2O2. The van der Waals surface area contributed by atoms with E-state index in [1.165, 1.54) is 0 Å². The van der Waals surface area contributed by atoms with E-state index < -0.39 is 0 Å². The molecule has 0 N–H and O–H groups in total. The van der Waals surface area contributed by atoms with Crippen molar-refractivity contribution in [2.24, 2.45) is 0 Å². The van der Waals surface area contributed by atoms with Gasteiger partial charge in [0.05, 0.1) is 26.6 Å². The molecule has 1 aromatic heterocycles. The minimum Gasteiger partial charge on any atom is -0.494 e. The van der Waals surface area contributed by atoms with Crippen LogP contribution in [-0.4, -0.2) is 24.0 Å². The molecule has 1 heterocycles. The lowest BCUT2D eigenvalue weighted by Gasteiger charge is -2.06. The van der Waals surface area contributed by atoms with E-state index >= 15 is 0 Å². The van der Waals surface area contributed by atoms with Crippen LogP contribution in [0.2, 0.25) is 0 Å². The third-order valence-corrected chi connectivity index (χ3v) is 2.13. The number of benzene rings is 1. The molecule has 4 nitrogen and oxygen atoms in total. The van der Waals surface area contributed by atoms with Gasteiger partial charge in [0, 0.05) is 0 Å². The van der Waals surface area contributed by atoms with Crippen LogP contribution in [0.5, 0.6) is 11.5 Å². The SMILES string of the molecule is COc1cnn(-c2ccccc2OC)c1. The molecule has 0 aliphatic heterocycles. The first-order valence-electron chi connectivity index (χ1n) is 4.57. The van der Waals surface area contributed by atoms with E-state index in [1.807, 2.05) is 24.3 Å². The van der Waals surface area contributed by atoms with Crippen molar-refractivity contribution in [3.05, 3.63) is 36.7 Å². The number of aromatic nitrogens is 2. The molecule has 2 aromatic rings. The topological polar surface area (TPSA) is 36.3 Å². The molecule has 0 spiro atoms. The maximum atomic E-state index is 5.24. The van der Waals surface area contributed by atoms with E-state index in [-0.39, 0.29) is 0 Å². The van der Waals surface area contributed by atoms with Crippen molar-refractivity contribution in [1.29, 1.82) is 0 Å². The Hall–Kier alpha value is -1.97. The summed E-state index contributed by atoms with van der Waals surface area (Å²) in [5.74, 6) is 1.50. The van der Waals surface area contributed by atoms with E-state index in [0.29, 0.717) is 0 Å². The van der Waals surface area contributed by atoms with Gasteiger partial charge in [0.2, 0.25) is 0 Å². The number of methoxy groups -OCH3 is 2. The van der Waals surface area contributed by atoms with Crippen molar-refractivity contribution in [3.8, 4) is 17.2 Å². The zero-order valence-corrected chi connectivity index (χ0v) is 8.68. The van der Waals surface area contributed by atoms with E-state index in [2.05, 4.69) is 5.10 Å². The molecule has 0 radical (unpaired) electrons. The van der Waals surface area contributed by atoms with Gasteiger partial charge in [-0.2, -0.15) is 5.10 Å². The Labute approximate surface area is 88.1 Å². The Kier molecular flexibility index (Phi) is 2.58. The molecule has 4 heteroatoms. The molecule has 1 aromatic carbocycles. The summed E-state index contributed by atoms with van der Waals surface area (Å²) < 4.78 is 12.0. The summed E-state index contributed by atoms with van der Waals surface area (Å²) in [6.45, 7) is 0. The number of ether oxygens (including phenoxy) is 2. The minimum atomic E-state index is 0.723. The summed E-state index contributed by atoms with van der Waals surface area (Å²) in [6, 6.07) is 7.68. The molecule has 0 aliphatic rings. The van der Waals surface area contributed by atoms with E-state index in [0.717, 1.165) is 17.2 Å². The second-order valence-corrected chi connectivity index (χ2v) is 3.00. The first kappa shape index (κ1) is 9.58. The Morgan fingerprint density at radius 2 is 1.93 bits per heavy atom. The van der Waals surface area contributed by atoms with Crippen molar-refractivity contribution >= 4 is 0 Å². The number of nitrogens with zero attached hydrogens (tertiary/aromatic N) is 2. The average molecular weight is 204 g/mol. The van der Waals surface area contributed by atoms with Gasteiger partial charge >= 0.3 is 0 Å². The van der Waals surface area contributed by atoms with E-state index in [9.17, 15) is 0 Å². The Morgan fingerprint density at radius 1 is 1.13 bits per heavy atom. The van der Waals surface area contributed by atoms with Crippen LogP contribution in [0.4, 0.5) is 0 Å². The van der Waals surface area contributed by atoms with Crippen LogP contribution in [0.25, 0.3) is 5.69 Å². The molecule has 0 unspecified atom stereocenters. The van der Waals surface area contributed by atoms with Crippen LogP contribution in [0.1, 0.15) is 0 Å². The highest BCUT2D eigenvalue weighted by atomic mass is 16.5. The summed E-state index contributed by atoms with van der Waals surface area (Å²) in [7, 11) is 3.25. The number of para-hydroxylation sites is 2. The zero-order valence-electron chi connectivity index (χ0n) is 8.68. The largest absolute Gasteiger partial charge is 0.494 e. The fraction of sp³-hybridized carbons (Fsp3) is 0.182. The number of hydrogen-bond acceptors (Lipinski definition) is 3. The van der Waals surface area contributed by atoms with Gasteiger partial charge in [0.15, 0.2) is 5.75 Å². The van der Waals surface area contributed by atoms with Crippen LogP contribution in [0.3, 0.4) is 0 Å². The van der Waals surface area contributed by atoms with Gasteiger partial charge in [-0.05, 0) is 12.1 Å². The summed E-state index contributed by atoms with van der Waals surface area (Å²) in [6.07, 6.45) is 3.46. The predicted octanol–water partition coefficient (Wildman–Crippen LogP) is 1.89. The second kappa shape index (κ2) is 4.04.